The van der Waals surface area contributed by atoms with E-state index in [0.717, 1.165) is 11.3 Å². The summed E-state index contributed by atoms with van der Waals surface area (Å²) in [6, 6.07) is 7.62. The monoisotopic (exact) mass is 352 g/mol. The smallest absolute Gasteiger partial charge is 0.227 e. The zero-order chi connectivity index (χ0) is 17.3. The summed E-state index contributed by atoms with van der Waals surface area (Å²) in [5.41, 5.74) is 0.966. The first kappa shape index (κ1) is 17.2. The second-order valence-electron chi connectivity index (χ2n) is 6.90. The molecule has 3 rings (SSSR count). The molecule has 2 atom stereocenters. The van der Waals surface area contributed by atoms with Gasteiger partial charge in [0.2, 0.25) is 5.91 Å². The summed E-state index contributed by atoms with van der Waals surface area (Å²) >= 11 is 0. The molecule has 2 aliphatic heterocycles. The van der Waals surface area contributed by atoms with Crippen LogP contribution >= 0.6 is 0 Å². The minimum atomic E-state index is -3.08. The third-order valence-corrected chi connectivity index (χ3v) is 6.39. The van der Waals surface area contributed by atoms with Crippen molar-refractivity contribution >= 4 is 15.7 Å². The van der Waals surface area contributed by atoms with Gasteiger partial charge in [-0.1, -0.05) is 18.2 Å². The zero-order valence-electron chi connectivity index (χ0n) is 14.1. The quantitative estimate of drug-likeness (QED) is 0.804. The Kier molecular flexibility index (Phi) is 4.83. The molecule has 7 heteroatoms. The maximum atomic E-state index is 13.0. The van der Waals surface area contributed by atoms with Gasteiger partial charge in [0.1, 0.15) is 12.4 Å². The fourth-order valence-corrected chi connectivity index (χ4v) is 5.15. The number of nitrogens with zero attached hydrogens (tertiary/aromatic N) is 2. The Labute approximate surface area is 143 Å². The molecule has 1 aromatic carbocycles. The molecule has 0 unspecified atom stereocenters. The van der Waals surface area contributed by atoms with Crippen molar-refractivity contribution in [2.24, 2.45) is 5.92 Å². The SMILES string of the molecule is CN(C)C[C@H]1COc2ccccc2CN1C(=O)[C@H]1CCS(=O)(=O)C1. The van der Waals surface area contributed by atoms with E-state index in [9.17, 15) is 13.2 Å². The number of hydrogen-bond acceptors (Lipinski definition) is 5. The molecule has 24 heavy (non-hydrogen) atoms. The van der Waals surface area contributed by atoms with Gasteiger partial charge in [-0.05, 0) is 26.6 Å². The van der Waals surface area contributed by atoms with Crippen molar-refractivity contribution in [3.05, 3.63) is 29.8 Å². The van der Waals surface area contributed by atoms with Gasteiger partial charge in [-0.2, -0.15) is 0 Å². The highest BCUT2D eigenvalue weighted by Crippen LogP contribution is 2.28. The maximum Gasteiger partial charge on any atom is 0.227 e. The van der Waals surface area contributed by atoms with Gasteiger partial charge in [0.05, 0.1) is 23.5 Å². The highest BCUT2D eigenvalue weighted by Gasteiger charge is 2.38. The molecule has 2 heterocycles. The van der Waals surface area contributed by atoms with Gasteiger partial charge in [-0.25, -0.2) is 8.42 Å². The molecular formula is C17H24N2O4S. The van der Waals surface area contributed by atoms with E-state index < -0.39 is 15.8 Å². The molecule has 6 nitrogen and oxygen atoms in total. The summed E-state index contributed by atoms with van der Waals surface area (Å²) in [6.45, 7) is 1.56. The number of para-hydroxylation sites is 1. The Bertz CT molecular complexity index is 717. The number of carbonyl (C=O) groups is 1. The van der Waals surface area contributed by atoms with E-state index in [0.29, 0.717) is 26.1 Å². The van der Waals surface area contributed by atoms with Gasteiger partial charge < -0.3 is 14.5 Å². The first-order valence-corrected chi connectivity index (χ1v) is 10.0. The molecule has 0 aromatic heterocycles. The highest BCUT2D eigenvalue weighted by atomic mass is 32.2. The normalized spacial score (nSPS) is 25.9. The Morgan fingerprint density at radius 2 is 2.08 bits per heavy atom. The molecule has 1 amide bonds. The van der Waals surface area contributed by atoms with Crippen molar-refractivity contribution in [3.63, 3.8) is 0 Å². The van der Waals surface area contributed by atoms with Gasteiger partial charge in [0, 0.05) is 18.7 Å². The number of likely N-dealkylation sites (N-methyl/N-ethyl adjacent to an activating group) is 1. The summed E-state index contributed by atoms with van der Waals surface area (Å²) in [5, 5.41) is 0. The Balaban J connectivity index is 1.86. The van der Waals surface area contributed by atoms with Crippen LogP contribution in [0.4, 0.5) is 0 Å². The fourth-order valence-electron chi connectivity index (χ4n) is 3.42. The van der Waals surface area contributed by atoms with Crippen molar-refractivity contribution in [2.45, 2.75) is 19.0 Å². The van der Waals surface area contributed by atoms with Gasteiger partial charge in [0.15, 0.2) is 9.84 Å². The standard InChI is InChI=1S/C17H24N2O4S/c1-18(2)10-15-11-23-16-6-4-3-5-13(16)9-19(15)17(20)14-7-8-24(21,22)12-14/h3-6,14-15H,7-12H2,1-2H3/t14-,15-/m0/s1. The van der Waals surface area contributed by atoms with Crippen molar-refractivity contribution in [1.29, 1.82) is 0 Å². The lowest BCUT2D eigenvalue weighted by Gasteiger charge is -2.32. The van der Waals surface area contributed by atoms with Crippen LogP contribution in [0.25, 0.3) is 0 Å². The third kappa shape index (κ3) is 3.72. The summed E-state index contributed by atoms with van der Waals surface area (Å²) < 4.78 is 29.4. The number of benzene rings is 1. The summed E-state index contributed by atoms with van der Waals surface area (Å²) in [6.07, 6.45) is 0.425. The molecule has 132 valence electrons. The lowest BCUT2D eigenvalue weighted by Crippen LogP contribution is -2.49. The Morgan fingerprint density at radius 1 is 1.33 bits per heavy atom. The van der Waals surface area contributed by atoms with Gasteiger partial charge >= 0.3 is 0 Å². The van der Waals surface area contributed by atoms with Crippen LogP contribution in [0.5, 0.6) is 5.75 Å². The predicted molar refractivity (Wildman–Crippen MR) is 91.6 cm³/mol. The van der Waals surface area contributed by atoms with Crippen molar-refractivity contribution in [1.82, 2.24) is 9.80 Å². The number of rotatable bonds is 3. The van der Waals surface area contributed by atoms with Crippen molar-refractivity contribution in [3.8, 4) is 5.75 Å². The summed E-state index contributed by atoms with van der Waals surface area (Å²) in [7, 11) is 0.840. The lowest BCUT2D eigenvalue weighted by molar-refractivity contribution is -0.138. The van der Waals surface area contributed by atoms with E-state index >= 15 is 0 Å². The summed E-state index contributed by atoms with van der Waals surface area (Å²) in [4.78, 5) is 16.9. The minimum absolute atomic E-state index is 0.0283. The second-order valence-corrected chi connectivity index (χ2v) is 9.13. The van der Waals surface area contributed by atoms with Gasteiger partial charge in [-0.3, -0.25) is 4.79 Å². The molecule has 0 radical (unpaired) electrons. The molecule has 1 fully saturated rings. The number of sulfone groups is 1. The number of hydrogen-bond donors (Lipinski definition) is 0. The van der Waals surface area contributed by atoms with E-state index in [1.165, 1.54) is 0 Å². The van der Waals surface area contributed by atoms with Gasteiger partial charge in [-0.15, -0.1) is 0 Å². The van der Waals surface area contributed by atoms with E-state index in [4.69, 9.17) is 4.74 Å². The lowest BCUT2D eigenvalue weighted by atomic mass is 10.0. The predicted octanol–water partition coefficient (Wildman–Crippen LogP) is 0.773. The largest absolute Gasteiger partial charge is 0.491 e. The Morgan fingerprint density at radius 3 is 2.75 bits per heavy atom. The van der Waals surface area contributed by atoms with E-state index in [1.807, 2.05) is 48.2 Å². The van der Waals surface area contributed by atoms with E-state index in [2.05, 4.69) is 0 Å². The first-order chi connectivity index (χ1) is 11.4. The molecule has 0 saturated carbocycles. The van der Waals surface area contributed by atoms with Crippen LogP contribution in [0.1, 0.15) is 12.0 Å². The molecular weight excluding hydrogens is 328 g/mol. The zero-order valence-corrected chi connectivity index (χ0v) is 15.0. The van der Waals surface area contributed by atoms with Crippen LogP contribution in [-0.2, 0) is 21.2 Å². The van der Waals surface area contributed by atoms with Crippen LogP contribution in [0, 0.1) is 5.92 Å². The third-order valence-electron chi connectivity index (χ3n) is 4.63. The van der Waals surface area contributed by atoms with Crippen LogP contribution in [-0.4, -0.2) is 68.9 Å². The van der Waals surface area contributed by atoms with Crippen LogP contribution < -0.4 is 4.74 Å². The number of ether oxygens (including phenoxy) is 1. The fraction of sp³-hybridized carbons (Fsp3) is 0.588. The molecule has 2 aliphatic rings. The molecule has 1 aromatic rings. The molecule has 0 aliphatic carbocycles. The maximum absolute atomic E-state index is 13.0. The van der Waals surface area contributed by atoms with Crippen LogP contribution in [0.3, 0.4) is 0 Å². The number of amides is 1. The average Bonchev–Trinajstić information content (AvgIpc) is 2.79. The van der Waals surface area contributed by atoms with Crippen LogP contribution in [0.2, 0.25) is 0 Å². The number of carbonyl (C=O) groups excluding carboxylic acids is 1. The molecule has 1 saturated heterocycles. The summed E-state index contributed by atoms with van der Waals surface area (Å²) in [5.74, 6) is 0.395. The molecule has 0 N–H and O–H groups in total. The number of fused-ring (bicyclic) bond motifs is 1. The van der Waals surface area contributed by atoms with Crippen molar-refractivity contribution < 1.29 is 17.9 Å². The molecule has 0 bridgehead atoms. The van der Waals surface area contributed by atoms with Gasteiger partial charge in [0.25, 0.3) is 0 Å². The average molecular weight is 352 g/mol. The molecule has 0 spiro atoms. The van der Waals surface area contributed by atoms with Crippen molar-refractivity contribution in [2.75, 3.05) is 38.8 Å². The van der Waals surface area contributed by atoms with E-state index in [1.54, 1.807) is 0 Å². The topological polar surface area (TPSA) is 66.9 Å². The van der Waals surface area contributed by atoms with E-state index in [-0.39, 0.29) is 23.5 Å². The second kappa shape index (κ2) is 6.72. The highest BCUT2D eigenvalue weighted by molar-refractivity contribution is 7.91. The first-order valence-electron chi connectivity index (χ1n) is 8.22. The Hall–Kier alpha value is -1.60. The minimum Gasteiger partial charge on any atom is -0.491 e. The van der Waals surface area contributed by atoms with Crippen LogP contribution in [0.15, 0.2) is 24.3 Å².